The first-order valence-corrected chi connectivity index (χ1v) is 7.78. The van der Waals surface area contributed by atoms with Crippen molar-refractivity contribution in [3.63, 3.8) is 0 Å². The van der Waals surface area contributed by atoms with E-state index < -0.39 is 0 Å². The second-order valence-electron chi connectivity index (χ2n) is 4.91. The van der Waals surface area contributed by atoms with Gasteiger partial charge in [0.1, 0.15) is 6.54 Å². The summed E-state index contributed by atoms with van der Waals surface area (Å²) in [7, 11) is 0. The van der Waals surface area contributed by atoms with Crippen LogP contribution < -0.4 is 5.32 Å². The molecule has 3 rings (SSSR count). The van der Waals surface area contributed by atoms with Crippen LogP contribution in [0.25, 0.3) is 11.1 Å². The minimum absolute atomic E-state index is 0.0114. The lowest BCUT2D eigenvalue weighted by atomic mass is 10.1. The van der Waals surface area contributed by atoms with E-state index in [2.05, 4.69) is 21.2 Å². The molecule has 2 aromatic carbocycles. The standard InChI is InChI=1S/C17H14BrNO3/c1-2-22-16(20)9-19-15-8-13-12(7-14(15)18)10-5-3-4-6-11(10)17(13)21/h3-8,19H,2,9H2,1H3. The van der Waals surface area contributed by atoms with E-state index in [-0.39, 0.29) is 18.3 Å². The molecule has 0 unspecified atom stereocenters. The average Bonchev–Trinajstić information content (AvgIpc) is 2.78. The summed E-state index contributed by atoms with van der Waals surface area (Å²) in [4.78, 5) is 23.9. The molecular formula is C17H14BrNO3. The molecule has 22 heavy (non-hydrogen) atoms. The van der Waals surface area contributed by atoms with E-state index in [1.165, 1.54) is 0 Å². The molecule has 0 fully saturated rings. The Morgan fingerprint density at radius 1 is 1.14 bits per heavy atom. The monoisotopic (exact) mass is 359 g/mol. The molecule has 0 saturated carbocycles. The molecule has 0 amide bonds. The van der Waals surface area contributed by atoms with Gasteiger partial charge in [0, 0.05) is 21.3 Å². The fourth-order valence-electron chi connectivity index (χ4n) is 2.56. The number of hydrogen-bond acceptors (Lipinski definition) is 4. The number of rotatable bonds is 4. The highest BCUT2D eigenvalue weighted by Gasteiger charge is 2.27. The minimum Gasteiger partial charge on any atom is -0.465 e. The summed E-state index contributed by atoms with van der Waals surface area (Å²) in [5, 5.41) is 3.00. The highest BCUT2D eigenvalue weighted by atomic mass is 79.9. The van der Waals surface area contributed by atoms with Crippen LogP contribution in [0.3, 0.4) is 0 Å². The molecule has 5 heteroatoms. The van der Waals surface area contributed by atoms with Gasteiger partial charge in [0.05, 0.1) is 6.61 Å². The van der Waals surface area contributed by atoms with Crippen molar-refractivity contribution in [1.82, 2.24) is 0 Å². The maximum absolute atomic E-state index is 12.5. The number of esters is 1. The number of ketones is 1. The van der Waals surface area contributed by atoms with Crippen LogP contribution in [0.1, 0.15) is 22.8 Å². The number of hydrogen-bond donors (Lipinski definition) is 1. The molecule has 1 aliphatic rings. The summed E-state index contributed by atoms with van der Waals surface area (Å²) in [6.07, 6.45) is 0. The molecule has 1 N–H and O–H groups in total. The zero-order valence-corrected chi connectivity index (χ0v) is 13.6. The molecule has 0 aliphatic heterocycles. The van der Waals surface area contributed by atoms with Crippen molar-refractivity contribution in [3.05, 3.63) is 52.0 Å². The largest absolute Gasteiger partial charge is 0.465 e. The predicted molar refractivity (Wildman–Crippen MR) is 88.1 cm³/mol. The fourth-order valence-corrected chi connectivity index (χ4v) is 3.04. The summed E-state index contributed by atoms with van der Waals surface area (Å²) in [6, 6.07) is 11.2. The van der Waals surface area contributed by atoms with E-state index in [0.29, 0.717) is 23.4 Å². The maximum Gasteiger partial charge on any atom is 0.325 e. The van der Waals surface area contributed by atoms with Crippen LogP contribution in [-0.4, -0.2) is 24.9 Å². The molecule has 0 spiro atoms. The second kappa shape index (κ2) is 5.93. The third kappa shape index (κ3) is 2.52. The summed E-state index contributed by atoms with van der Waals surface area (Å²) in [6.45, 7) is 2.17. The molecule has 0 bridgehead atoms. The number of nitrogens with one attached hydrogen (secondary N) is 1. The molecule has 0 radical (unpaired) electrons. The van der Waals surface area contributed by atoms with Crippen LogP contribution in [0.4, 0.5) is 5.69 Å². The summed E-state index contributed by atoms with van der Waals surface area (Å²) in [5.41, 5.74) is 3.92. The van der Waals surface area contributed by atoms with Crippen molar-refractivity contribution in [1.29, 1.82) is 0 Å². The smallest absolute Gasteiger partial charge is 0.325 e. The number of carbonyl (C=O) groups excluding carboxylic acids is 2. The Balaban J connectivity index is 1.92. The summed E-state index contributed by atoms with van der Waals surface area (Å²) in [5.74, 6) is -0.318. The number of ether oxygens (including phenoxy) is 1. The van der Waals surface area contributed by atoms with Crippen molar-refractivity contribution < 1.29 is 14.3 Å². The Morgan fingerprint density at radius 2 is 1.86 bits per heavy atom. The van der Waals surface area contributed by atoms with Gasteiger partial charge in [-0.25, -0.2) is 0 Å². The van der Waals surface area contributed by atoms with E-state index in [9.17, 15) is 9.59 Å². The first-order chi connectivity index (χ1) is 10.6. The number of fused-ring (bicyclic) bond motifs is 3. The first kappa shape index (κ1) is 14.8. The Hall–Kier alpha value is -2.14. The van der Waals surface area contributed by atoms with Gasteiger partial charge in [-0.3, -0.25) is 9.59 Å². The molecule has 0 atom stereocenters. The van der Waals surface area contributed by atoms with E-state index >= 15 is 0 Å². The van der Waals surface area contributed by atoms with E-state index in [1.54, 1.807) is 13.0 Å². The van der Waals surface area contributed by atoms with Crippen molar-refractivity contribution in [2.45, 2.75) is 6.92 Å². The lowest BCUT2D eigenvalue weighted by Gasteiger charge is -2.10. The number of benzene rings is 2. The van der Waals surface area contributed by atoms with Crippen LogP contribution in [0.5, 0.6) is 0 Å². The van der Waals surface area contributed by atoms with E-state index in [1.807, 2.05) is 30.3 Å². The van der Waals surface area contributed by atoms with Crippen LogP contribution >= 0.6 is 15.9 Å². The topological polar surface area (TPSA) is 55.4 Å². The molecule has 0 saturated heterocycles. The van der Waals surface area contributed by atoms with Gasteiger partial charge in [0.15, 0.2) is 5.78 Å². The number of anilines is 1. The Bertz CT molecular complexity index is 770. The lowest BCUT2D eigenvalue weighted by Crippen LogP contribution is -2.17. The zero-order chi connectivity index (χ0) is 15.7. The Morgan fingerprint density at radius 3 is 2.59 bits per heavy atom. The number of halogens is 1. The van der Waals surface area contributed by atoms with Crippen LogP contribution in [0.15, 0.2) is 40.9 Å². The third-order valence-electron chi connectivity index (χ3n) is 3.54. The first-order valence-electron chi connectivity index (χ1n) is 6.99. The molecule has 2 aromatic rings. The van der Waals surface area contributed by atoms with Gasteiger partial charge in [-0.2, -0.15) is 0 Å². The second-order valence-corrected chi connectivity index (χ2v) is 5.77. The number of carbonyl (C=O) groups is 2. The molecule has 1 aliphatic carbocycles. The highest BCUT2D eigenvalue weighted by molar-refractivity contribution is 9.10. The van der Waals surface area contributed by atoms with Gasteiger partial charge in [0.2, 0.25) is 0 Å². The summed E-state index contributed by atoms with van der Waals surface area (Å²) < 4.78 is 5.69. The molecule has 112 valence electrons. The fraction of sp³-hybridized carbons (Fsp3) is 0.176. The zero-order valence-electron chi connectivity index (χ0n) is 12.0. The van der Waals surface area contributed by atoms with Gasteiger partial charge in [-0.05, 0) is 46.1 Å². The molecule has 0 heterocycles. The van der Waals surface area contributed by atoms with Crippen molar-refractivity contribution >= 4 is 33.4 Å². The van der Waals surface area contributed by atoms with Gasteiger partial charge >= 0.3 is 5.97 Å². The highest BCUT2D eigenvalue weighted by Crippen LogP contribution is 2.40. The van der Waals surface area contributed by atoms with Gasteiger partial charge < -0.3 is 10.1 Å². The van der Waals surface area contributed by atoms with Crippen LogP contribution in [0.2, 0.25) is 0 Å². The van der Waals surface area contributed by atoms with Crippen molar-refractivity contribution in [3.8, 4) is 11.1 Å². The SMILES string of the molecule is CCOC(=O)CNc1cc2c(cc1Br)-c1ccccc1C2=O. The minimum atomic E-state index is -0.329. The molecule has 4 nitrogen and oxygen atoms in total. The lowest BCUT2D eigenvalue weighted by molar-refractivity contribution is -0.140. The van der Waals surface area contributed by atoms with E-state index in [0.717, 1.165) is 15.6 Å². The van der Waals surface area contributed by atoms with Gasteiger partial charge in [0.25, 0.3) is 0 Å². The molecule has 0 aromatic heterocycles. The molecular weight excluding hydrogens is 346 g/mol. The van der Waals surface area contributed by atoms with Gasteiger partial charge in [-0.1, -0.05) is 24.3 Å². The van der Waals surface area contributed by atoms with Crippen LogP contribution in [-0.2, 0) is 9.53 Å². The van der Waals surface area contributed by atoms with Crippen molar-refractivity contribution in [2.75, 3.05) is 18.5 Å². The summed E-state index contributed by atoms with van der Waals surface area (Å²) >= 11 is 3.48. The maximum atomic E-state index is 12.5. The average molecular weight is 360 g/mol. The third-order valence-corrected chi connectivity index (χ3v) is 4.20. The van der Waals surface area contributed by atoms with E-state index in [4.69, 9.17) is 4.74 Å². The Kier molecular flexibility index (Phi) is 3.98. The Labute approximate surface area is 136 Å². The quantitative estimate of drug-likeness (QED) is 0.722. The van der Waals surface area contributed by atoms with Crippen molar-refractivity contribution in [2.24, 2.45) is 0 Å². The predicted octanol–water partition coefficient (Wildman–Crippen LogP) is 3.64. The van der Waals surface area contributed by atoms with Gasteiger partial charge in [-0.15, -0.1) is 0 Å². The normalized spacial score (nSPS) is 11.8. The van der Waals surface area contributed by atoms with Crippen LogP contribution in [0, 0.1) is 0 Å².